The molecule has 6 heteroatoms. The first-order valence-electron chi connectivity index (χ1n) is 6.56. The Bertz CT molecular complexity index is 526. The van der Waals surface area contributed by atoms with E-state index in [-0.39, 0.29) is 24.0 Å². The van der Waals surface area contributed by atoms with Crippen LogP contribution >= 0.6 is 0 Å². The normalized spacial score (nSPS) is 11.3. The van der Waals surface area contributed by atoms with Gasteiger partial charge in [0.05, 0.1) is 5.75 Å². The van der Waals surface area contributed by atoms with Gasteiger partial charge in [-0.15, -0.1) is 0 Å². The maximum atomic E-state index is 12.7. The fraction of sp³-hybridized carbons (Fsp3) is 0.500. The average molecular weight is 301 g/mol. The number of halogens is 1. The van der Waals surface area contributed by atoms with Crippen molar-refractivity contribution < 1.29 is 17.6 Å². The van der Waals surface area contributed by atoms with Crippen LogP contribution in [-0.4, -0.2) is 32.9 Å². The molecule has 0 aliphatic carbocycles. The maximum Gasteiger partial charge on any atom is 0.220 e. The zero-order valence-corrected chi connectivity index (χ0v) is 12.4. The van der Waals surface area contributed by atoms with Gasteiger partial charge >= 0.3 is 0 Å². The van der Waals surface area contributed by atoms with Gasteiger partial charge in [-0.1, -0.05) is 12.1 Å². The van der Waals surface area contributed by atoms with Gasteiger partial charge in [-0.3, -0.25) is 4.79 Å². The van der Waals surface area contributed by atoms with Crippen LogP contribution in [0, 0.1) is 5.82 Å². The third-order valence-corrected chi connectivity index (χ3v) is 3.77. The summed E-state index contributed by atoms with van der Waals surface area (Å²) in [5, 5.41) is 2.58. The number of aryl methyl sites for hydroxylation is 1. The molecule has 4 nitrogen and oxygen atoms in total. The highest BCUT2D eigenvalue weighted by atomic mass is 32.2. The molecule has 0 saturated carbocycles. The van der Waals surface area contributed by atoms with E-state index >= 15 is 0 Å². The summed E-state index contributed by atoms with van der Waals surface area (Å²) in [6.45, 7) is 0.162. The quantitative estimate of drug-likeness (QED) is 0.743. The second-order valence-electron chi connectivity index (χ2n) is 4.81. The third-order valence-electron chi connectivity index (χ3n) is 2.83. The van der Waals surface area contributed by atoms with Crippen LogP contribution in [0.15, 0.2) is 24.3 Å². The van der Waals surface area contributed by atoms with Crippen LogP contribution in [-0.2, 0) is 21.1 Å². The summed E-state index contributed by atoms with van der Waals surface area (Å²) in [4.78, 5) is 11.4. The zero-order chi connectivity index (χ0) is 15.0. The zero-order valence-electron chi connectivity index (χ0n) is 11.6. The van der Waals surface area contributed by atoms with Crippen LogP contribution in [0.3, 0.4) is 0 Å². The van der Waals surface area contributed by atoms with E-state index in [0.717, 1.165) is 31.1 Å². The molecule has 0 saturated heterocycles. The van der Waals surface area contributed by atoms with Crippen molar-refractivity contribution in [2.45, 2.75) is 25.7 Å². The van der Waals surface area contributed by atoms with Crippen LogP contribution in [0.5, 0.6) is 0 Å². The topological polar surface area (TPSA) is 63.2 Å². The van der Waals surface area contributed by atoms with Gasteiger partial charge in [0, 0.05) is 19.2 Å². The number of carbonyl (C=O) groups is 1. The van der Waals surface area contributed by atoms with Gasteiger partial charge < -0.3 is 5.32 Å². The molecule has 0 spiro atoms. The highest BCUT2D eigenvalue weighted by molar-refractivity contribution is 7.90. The second-order valence-corrected chi connectivity index (χ2v) is 7.07. The van der Waals surface area contributed by atoms with Crippen LogP contribution in [0.4, 0.5) is 4.39 Å². The molecule has 1 aromatic carbocycles. The van der Waals surface area contributed by atoms with E-state index < -0.39 is 9.84 Å². The number of sulfone groups is 1. The lowest BCUT2D eigenvalue weighted by Gasteiger charge is -2.04. The Kier molecular flexibility index (Phi) is 6.64. The number of unbranched alkanes of at least 4 members (excludes halogenated alkanes) is 1. The number of amides is 1. The lowest BCUT2D eigenvalue weighted by atomic mass is 10.1. The molecule has 0 atom stereocenters. The van der Waals surface area contributed by atoms with E-state index in [1.807, 2.05) is 0 Å². The number of hydrogen-bond donors (Lipinski definition) is 1. The van der Waals surface area contributed by atoms with Gasteiger partial charge in [-0.25, -0.2) is 12.8 Å². The SMILES string of the molecule is CS(=O)(=O)CCNC(=O)CCCCc1ccc(F)cc1. The highest BCUT2D eigenvalue weighted by Crippen LogP contribution is 2.08. The van der Waals surface area contributed by atoms with Crippen molar-refractivity contribution in [2.24, 2.45) is 0 Å². The van der Waals surface area contributed by atoms with Gasteiger partial charge in [-0.2, -0.15) is 0 Å². The average Bonchev–Trinajstić information content (AvgIpc) is 2.35. The summed E-state index contributed by atoms with van der Waals surface area (Å²) in [6, 6.07) is 6.32. The molecule has 0 aliphatic heterocycles. The fourth-order valence-corrected chi connectivity index (χ4v) is 2.20. The molecule has 0 aliphatic rings. The first-order chi connectivity index (χ1) is 9.37. The van der Waals surface area contributed by atoms with Crippen molar-refractivity contribution in [2.75, 3.05) is 18.6 Å². The summed E-state index contributed by atoms with van der Waals surface area (Å²) >= 11 is 0. The number of hydrogen-bond acceptors (Lipinski definition) is 3. The number of rotatable bonds is 8. The van der Waals surface area contributed by atoms with E-state index in [4.69, 9.17) is 0 Å². The molecule has 0 radical (unpaired) electrons. The minimum atomic E-state index is -3.03. The Hall–Kier alpha value is -1.43. The molecule has 20 heavy (non-hydrogen) atoms. The van der Waals surface area contributed by atoms with Gasteiger partial charge in [0.1, 0.15) is 15.7 Å². The van der Waals surface area contributed by atoms with Gasteiger partial charge in [0.2, 0.25) is 5.91 Å². The molecule has 0 bridgehead atoms. The van der Waals surface area contributed by atoms with Crippen molar-refractivity contribution in [1.82, 2.24) is 5.32 Å². The van der Waals surface area contributed by atoms with Gasteiger partial charge in [0.15, 0.2) is 0 Å². The Morgan fingerprint density at radius 2 is 1.85 bits per heavy atom. The fourth-order valence-electron chi connectivity index (χ4n) is 1.73. The first-order valence-corrected chi connectivity index (χ1v) is 8.62. The van der Waals surface area contributed by atoms with Crippen molar-refractivity contribution in [3.8, 4) is 0 Å². The van der Waals surface area contributed by atoms with E-state index in [9.17, 15) is 17.6 Å². The summed E-state index contributed by atoms with van der Waals surface area (Å²) in [7, 11) is -3.03. The molecule has 0 unspecified atom stereocenters. The Morgan fingerprint density at radius 1 is 1.20 bits per heavy atom. The van der Waals surface area contributed by atoms with Crippen molar-refractivity contribution >= 4 is 15.7 Å². The Morgan fingerprint density at radius 3 is 2.45 bits per heavy atom. The number of carbonyl (C=O) groups excluding carboxylic acids is 1. The summed E-state index contributed by atoms with van der Waals surface area (Å²) < 4.78 is 34.4. The minimum absolute atomic E-state index is 0.0334. The lowest BCUT2D eigenvalue weighted by Crippen LogP contribution is -2.28. The second kappa shape index (κ2) is 7.99. The summed E-state index contributed by atoms with van der Waals surface area (Å²) in [5.74, 6) is -0.416. The smallest absolute Gasteiger partial charge is 0.220 e. The first kappa shape index (κ1) is 16.6. The van der Waals surface area contributed by atoms with Crippen LogP contribution in [0.2, 0.25) is 0 Å². The summed E-state index contributed by atoms with van der Waals surface area (Å²) in [5.41, 5.74) is 1.05. The maximum absolute atomic E-state index is 12.7. The minimum Gasteiger partial charge on any atom is -0.355 e. The molecule has 0 heterocycles. The monoisotopic (exact) mass is 301 g/mol. The Balaban J connectivity index is 2.11. The van der Waals surface area contributed by atoms with Crippen LogP contribution < -0.4 is 5.32 Å². The van der Waals surface area contributed by atoms with Crippen molar-refractivity contribution in [3.05, 3.63) is 35.6 Å². The molecule has 112 valence electrons. The molecule has 1 aromatic rings. The molecular weight excluding hydrogens is 281 g/mol. The largest absolute Gasteiger partial charge is 0.355 e. The van der Waals surface area contributed by atoms with E-state index in [0.29, 0.717) is 6.42 Å². The van der Waals surface area contributed by atoms with Gasteiger partial charge in [0.25, 0.3) is 0 Å². The lowest BCUT2D eigenvalue weighted by molar-refractivity contribution is -0.121. The van der Waals surface area contributed by atoms with Crippen molar-refractivity contribution in [3.63, 3.8) is 0 Å². The van der Waals surface area contributed by atoms with E-state index in [1.54, 1.807) is 12.1 Å². The predicted molar refractivity (Wildman–Crippen MR) is 76.7 cm³/mol. The highest BCUT2D eigenvalue weighted by Gasteiger charge is 2.04. The molecule has 1 N–H and O–H groups in total. The predicted octanol–water partition coefficient (Wildman–Crippen LogP) is 1.70. The van der Waals surface area contributed by atoms with Gasteiger partial charge in [-0.05, 0) is 37.0 Å². The van der Waals surface area contributed by atoms with E-state index in [1.165, 1.54) is 12.1 Å². The molecule has 0 fully saturated rings. The molecular formula is C14H20FNO3S. The molecule has 1 amide bonds. The molecule has 0 aromatic heterocycles. The Labute approximate surface area is 119 Å². The standard InChI is InChI=1S/C14H20FNO3S/c1-20(18,19)11-10-16-14(17)5-3-2-4-12-6-8-13(15)9-7-12/h6-9H,2-5,10-11H2,1H3,(H,16,17). The summed E-state index contributed by atoms with van der Waals surface area (Å²) in [6.07, 6.45) is 3.89. The van der Waals surface area contributed by atoms with Crippen LogP contribution in [0.25, 0.3) is 0 Å². The van der Waals surface area contributed by atoms with Crippen LogP contribution in [0.1, 0.15) is 24.8 Å². The third kappa shape index (κ3) is 7.89. The number of nitrogens with one attached hydrogen (secondary N) is 1. The molecule has 1 rings (SSSR count). The number of benzene rings is 1. The van der Waals surface area contributed by atoms with Crippen molar-refractivity contribution in [1.29, 1.82) is 0 Å². The van der Waals surface area contributed by atoms with E-state index in [2.05, 4.69) is 5.32 Å².